The van der Waals surface area contributed by atoms with Crippen LogP contribution in [0.25, 0.3) is 0 Å². The Labute approximate surface area is 131 Å². The van der Waals surface area contributed by atoms with Crippen molar-refractivity contribution in [1.82, 2.24) is 10.3 Å². The Bertz CT molecular complexity index is 735. The van der Waals surface area contributed by atoms with E-state index >= 15 is 0 Å². The molecule has 22 heavy (non-hydrogen) atoms. The molecule has 1 aliphatic rings. The highest BCUT2D eigenvalue weighted by molar-refractivity contribution is 6.29. The van der Waals surface area contributed by atoms with E-state index in [-0.39, 0.29) is 11.1 Å². The monoisotopic (exact) mass is 316 g/mol. The van der Waals surface area contributed by atoms with Gasteiger partial charge in [-0.15, -0.1) is 0 Å². The van der Waals surface area contributed by atoms with Crippen LogP contribution in [0.5, 0.6) is 0 Å². The summed E-state index contributed by atoms with van der Waals surface area (Å²) in [5, 5.41) is 12.4. The summed E-state index contributed by atoms with van der Waals surface area (Å²) in [6, 6.07) is 12.2. The first-order valence-electron chi connectivity index (χ1n) is 6.75. The second-order valence-electron chi connectivity index (χ2n) is 5.27. The number of benzene rings is 1. The van der Waals surface area contributed by atoms with Gasteiger partial charge in [0.15, 0.2) is 0 Å². The number of nitrogens with zero attached hydrogens (tertiary/aromatic N) is 1. The highest BCUT2D eigenvalue weighted by Gasteiger charge is 2.62. The fourth-order valence-electron chi connectivity index (χ4n) is 2.60. The first-order chi connectivity index (χ1) is 10.5. The lowest BCUT2D eigenvalue weighted by Crippen LogP contribution is -2.44. The van der Waals surface area contributed by atoms with Crippen LogP contribution in [0, 0.1) is 0 Å². The summed E-state index contributed by atoms with van der Waals surface area (Å²) in [4.78, 5) is 27.7. The molecule has 0 saturated heterocycles. The lowest BCUT2D eigenvalue weighted by atomic mass is 10.1. The van der Waals surface area contributed by atoms with Crippen molar-refractivity contribution >= 4 is 23.5 Å². The number of carbonyl (C=O) groups is 2. The third-order valence-corrected chi connectivity index (χ3v) is 4.08. The number of halogens is 1. The molecule has 1 fully saturated rings. The van der Waals surface area contributed by atoms with E-state index in [4.69, 9.17) is 11.6 Å². The Balaban J connectivity index is 1.83. The molecule has 1 heterocycles. The zero-order valence-electron chi connectivity index (χ0n) is 11.5. The molecule has 0 aliphatic heterocycles. The minimum atomic E-state index is -1.26. The predicted molar refractivity (Wildman–Crippen MR) is 80.9 cm³/mol. The van der Waals surface area contributed by atoms with Gasteiger partial charge in [-0.05, 0) is 24.1 Å². The average Bonchev–Trinajstić information content (AvgIpc) is 3.24. The van der Waals surface area contributed by atoms with Gasteiger partial charge in [0.05, 0.1) is 0 Å². The summed E-state index contributed by atoms with van der Waals surface area (Å²) < 4.78 is 0. The van der Waals surface area contributed by atoms with Gasteiger partial charge < -0.3 is 10.4 Å². The molecule has 2 N–H and O–H groups in total. The fourth-order valence-corrected chi connectivity index (χ4v) is 2.77. The molecular formula is C16H13ClN2O3. The molecule has 1 aromatic carbocycles. The molecule has 0 radical (unpaired) electrons. The van der Waals surface area contributed by atoms with Crippen molar-refractivity contribution in [2.24, 2.45) is 0 Å². The fraction of sp³-hybridized carbons (Fsp3) is 0.188. The van der Waals surface area contributed by atoms with Crippen LogP contribution in [0.4, 0.5) is 0 Å². The van der Waals surface area contributed by atoms with E-state index in [1.54, 1.807) is 0 Å². The number of pyridine rings is 1. The van der Waals surface area contributed by atoms with Crippen molar-refractivity contribution in [2.45, 2.75) is 17.9 Å². The lowest BCUT2D eigenvalue weighted by molar-refractivity contribution is -0.140. The quantitative estimate of drug-likeness (QED) is 0.849. The van der Waals surface area contributed by atoms with Gasteiger partial charge in [0, 0.05) is 17.7 Å². The molecule has 2 atom stereocenters. The highest BCUT2D eigenvalue weighted by atomic mass is 35.5. The van der Waals surface area contributed by atoms with Crippen molar-refractivity contribution in [1.29, 1.82) is 0 Å². The molecule has 0 spiro atoms. The molecule has 1 aromatic heterocycles. The largest absolute Gasteiger partial charge is 0.479 e. The van der Waals surface area contributed by atoms with E-state index in [1.807, 2.05) is 30.3 Å². The Morgan fingerprint density at radius 2 is 2.00 bits per heavy atom. The van der Waals surface area contributed by atoms with Crippen LogP contribution < -0.4 is 5.32 Å². The number of aromatic nitrogens is 1. The number of carboxylic acid groups (broad SMARTS) is 1. The van der Waals surface area contributed by atoms with Gasteiger partial charge >= 0.3 is 5.97 Å². The SMILES string of the molecule is O=C(NC1(C(=O)O)CC1c1ccccc1)c1ccnc(Cl)c1. The van der Waals surface area contributed by atoms with Crippen LogP contribution in [0.2, 0.25) is 5.15 Å². The van der Waals surface area contributed by atoms with Crippen molar-refractivity contribution in [2.75, 3.05) is 0 Å². The van der Waals surface area contributed by atoms with Crippen LogP contribution in [0.3, 0.4) is 0 Å². The zero-order chi connectivity index (χ0) is 15.7. The summed E-state index contributed by atoms with van der Waals surface area (Å²) >= 11 is 5.76. The Morgan fingerprint density at radius 1 is 1.27 bits per heavy atom. The van der Waals surface area contributed by atoms with Gasteiger partial charge in [0.25, 0.3) is 5.91 Å². The molecule has 3 rings (SSSR count). The van der Waals surface area contributed by atoms with E-state index in [0.717, 1.165) is 5.56 Å². The van der Waals surface area contributed by atoms with Gasteiger partial charge in [-0.25, -0.2) is 9.78 Å². The third-order valence-electron chi connectivity index (χ3n) is 3.87. The zero-order valence-corrected chi connectivity index (χ0v) is 12.2. The topological polar surface area (TPSA) is 79.3 Å². The average molecular weight is 317 g/mol. The van der Waals surface area contributed by atoms with E-state index < -0.39 is 17.4 Å². The first kappa shape index (κ1) is 14.5. The van der Waals surface area contributed by atoms with Crippen molar-refractivity contribution in [3.63, 3.8) is 0 Å². The van der Waals surface area contributed by atoms with Gasteiger partial charge in [-0.3, -0.25) is 4.79 Å². The number of rotatable bonds is 4. The lowest BCUT2D eigenvalue weighted by Gasteiger charge is -2.15. The summed E-state index contributed by atoms with van der Waals surface area (Å²) in [6.07, 6.45) is 1.78. The Morgan fingerprint density at radius 3 is 2.64 bits per heavy atom. The van der Waals surface area contributed by atoms with Gasteiger partial charge in [0.2, 0.25) is 0 Å². The number of hydrogen-bond donors (Lipinski definition) is 2. The van der Waals surface area contributed by atoms with Crippen LogP contribution in [-0.2, 0) is 4.79 Å². The summed E-state index contributed by atoms with van der Waals surface area (Å²) in [6.45, 7) is 0. The number of aliphatic carboxylic acids is 1. The molecule has 6 heteroatoms. The van der Waals surface area contributed by atoms with Crippen LogP contribution >= 0.6 is 11.6 Å². The maximum atomic E-state index is 12.3. The van der Waals surface area contributed by atoms with Gasteiger partial charge in [-0.1, -0.05) is 41.9 Å². The molecule has 2 unspecified atom stereocenters. The first-order valence-corrected chi connectivity index (χ1v) is 7.13. The molecule has 5 nitrogen and oxygen atoms in total. The van der Waals surface area contributed by atoms with E-state index in [2.05, 4.69) is 10.3 Å². The van der Waals surface area contributed by atoms with Crippen LogP contribution in [0.1, 0.15) is 28.3 Å². The number of amides is 1. The molecule has 1 saturated carbocycles. The highest BCUT2D eigenvalue weighted by Crippen LogP contribution is 2.51. The minimum Gasteiger partial charge on any atom is -0.479 e. The van der Waals surface area contributed by atoms with Crippen LogP contribution in [-0.4, -0.2) is 27.5 Å². The van der Waals surface area contributed by atoms with E-state index in [9.17, 15) is 14.7 Å². The second-order valence-corrected chi connectivity index (χ2v) is 5.65. The second kappa shape index (κ2) is 5.42. The molecule has 2 aromatic rings. The normalized spacial score (nSPS) is 22.9. The molecule has 112 valence electrons. The predicted octanol–water partition coefficient (Wildman–Crippen LogP) is 2.48. The van der Waals surface area contributed by atoms with Crippen LogP contribution in [0.15, 0.2) is 48.7 Å². The van der Waals surface area contributed by atoms with Crippen molar-refractivity contribution < 1.29 is 14.7 Å². The maximum Gasteiger partial charge on any atom is 0.330 e. The van der Waals surface area contributed by atoms with E-state index in [0.29, 0.717) is 12.0 Å². The Kier molecular flexibility index (Phi) is 3.58. The number of carboxylic acids is 1. The number of nitrogens with one attached hydrogen (secondary N) is 1. The summed E-state index contributed by atoms with van der Waals surface area (Å²) in [7, 11) is 0. The standard InChI is InChI=1S/C16H13ClN2O3/c17-13-8-11(6-7-18-13)14(20)19-16(15(21)22)9-12(16)10-4-2-1-3-5-10/h1-8,12H,9H2,(H,19,20)(H,21,22). The maximum absolute atomic E-state index is 12.3. The minimum absolute atomic E-state index is 0.187. The third kappa shape index (κ3) is 2.55. The summed E-state index contributed by atoms with van der Waals surface area (Å²) in [5.41, 5.74) is -0.0638. The van der Waals surface area contributed by atoms with Crippen molar-refractivity contribution in [3.05, 3.63) is 64.9 Å². The van der Waals surface area contributed by atoms with Crippen molar-refractivity contribution in [3.8, 4) is 0 Å². The van der Waals surface area contributed by atoms with E-state index in [1.165, 1.54) is 18.3 Å². The number of carbonyl (C=O) groups excluding carboxylic acids is 1. The molecular weight excluding hydrogens is 304 g/mol. The molecule has 1 aliphatic carbocycles. The number of hydrogen-bond acceptors (Lipinski definition) is 3. The Hall–Kier alpha value is -2.40. The smallest absolute Gasteiger partial charge is 0.330 e. The van der Waals surface area contributed by atoms with Gasteiger partial charge in [0.1, 0.15) is 10.7 Å². The molecule has 1 amide bonds. The van der Waals surface area contributed by atoms with Gasteiger partial charge in [-0.2, -0.15) is 0 Å². The molecule has 0 bridgehead atoms. The summed E-state index contributed by atoms with van der Waals surface area (Å²) in [5.74, 6) is -1.73.